The topological polar surface area (TPSA) is 34.1 Å². The Balaban J connectivity index is 1.22. The largest absolute Gasteiger partial charge is 0.294 e. The van der Waals surface area contributed by atoms with E-state index in [1.54, 1.807) is 0 Å². The summed E-state index contributed by atoms with van der Waals surface area (Å²) >= 11 is 3.63. The van der Waals surface area contributed by atoms with Crippen molar-refractivity contribution >= 4 is 34.2 Å². The van der Waals surface area contributed by atoms with Gasteiger partial charge in [-0.2, -0.15) is 0 Å². The zero-order valence-corrected chi connectivity index (χ0v) is 24.0. The Morgan fingerprint density at radius 2 is 0.972 bits per heavy atom. The molecule has 0 bridgehead atoms. The maximum absolute atomic E-state index is 13.6. The number of ketones is 2. The molecular weight excluding hydrogens is 480 g/mol. The van der Waals surface area contributed by atoms with E-state index in [0.717, 1.165) is 36.8 Å². The summed E-state index contributed by atoms with van der Waals surface area (Å²) in [6.45, 7) is 4.52. The summed E-state index contributed by atoms with van der Waals surface area (Å²) in [4.78, 5) is 29.9. The number of rotatable bonds is 14. The Kier molecular flexibility index (Phi) is 8.83. The lowest BCUT2D eigenvalue weighted by molar-refractivity contribution is 0.0789. The minimum Gasteiger partial charge on any atom is -0.294 e. The van der Waals surface area contributed by atoms with Gasteiger partial charge in [-0.1, -0.05) is 78.1 Å². The number of fused-ring (bicyclic) bond motifs is 6. The molecule has 0 aromatic carbocycles. The lowest BCUT2D eigenvalue weighted by Gasteiger charge is -2.33. The van der Waals surface area contributed by atoms with E-state index in [1.807, 2.05) is 22.7 Å². The average molecular weight is 525 g/mol. The van der Waals surface area contributed by atoms with Crippen molar-refractivity contribution in [1.29, 1.82) is 0 Å². The highest BCUT2D eigenvalue weighted by atomic mass is 32.1. The number of aryl methyl sites for hydroxylation is 2. The summed E-state index contributed by atoms with van der Waals surface area (Å²) in [5.41, 5.74) is 4.76. The van der Waals surface area contributed by atoms with Crippen LogP contribution in [0.1, 0.15) is 157 Å². The van der Waals surface area contributed by atoms with E-state index in [9.17, 15) is 9.59 Å². The second-order valence-corrected chi connectivity index (χ2v) is 13.5. The molecule has 2 heterocycles. The van der Waals surface area contributed by atoms with E-state index in [0.29, 0.717) is 11.6 Å². The molecule has 2 nitrogen and oxygen atoms in total. The fraction of sp³-hybridized carbons (Fsp3) is 0.688. The summed E-state index contributed by atoms with van der Waals surface area (Å²) in [5.74, 6) is 1.61. The van der Waals surface area contributed by atoms with Crippen molar-refractivity contribution in [1.82, 2.24) is 0 Å². The Morgan fingerprint density at radius 3 is 1.39 bits per heavy atom. The number of hydrogen-bond donors (Lipinski definition) is 0. The van der Waals surface area contributed by atoms with Crippen molar-refractivity contribution in [3.05, 3.63) is 42.8 Å². The monoisotopic (exact) mass is 524 g/mol. The summed E-state index contributed by atoms with van der Waals surface area (Å²) in [5, 5.41) is 4.53. The van der Waals surface area contributed by atoms with Crippen LogP contribution >= 0.6 is 22.7 Å². The normalized spacial score (nSPS) is 24.2. The quantitative estimate of drug-likeness (QED) is 0.230. The number of carbonyl (C=O) groups is 2. The van der Waals surface area contributed by atoms with Gasteiger partial charge in [-0.25, -0.2) is 0 Å². The summed E-state index contributed by atoms with van der Waals surface area (Å²) in [6.07, 6.45) is 19.3. The van der Waals surface area contributed by atoms with Gasteiger partial charge in [0, 0.05) is 44.6 Å². The molecule has 0 amide bonds. The second-order valence-electron chi connectivity index (χ2n) is 11.7. The highest BCUT2D eigenvalue weighted by Gasteiger charge is 2.54. The Hall–Kier alpha value is -1.26. The molecule has 3 aliphatic carbocycles. The van der Waals surface area contributed by atoms with Gasteiger partial charge in [-0.05, 0) is 60.4 Å². The van der Waals surface area contributed by atoms with Gasteiger partial charge in [0.25, 0.3) is 0 Å². The Bertz CT molecular complexity index is 976. The molecule has 0 saturated heterocycles. The number of hydrogen-bond acceptors (Lipinski definition) is 4. The molecule has 1 fully saturated rings. The smallest absolute Gasteiger partial charge is 0.168 e. The van der Waals surface area contributed by atoms with Crippen LogP contribution in [0.5, 0.6) is 0 Å². The number of thiophene rings is 2. The van der Waals surface area contributed by atoms with Crippen LogP contribution in [0.3, 0.4) is 0 Å². The molecule has 1 saturated carbocycles. The molecule has 5 rings (SSSR count). The molecule has 0 aliphatic heterocycles. The maximum Gasteiger partial charge on any atom is 0.168 e. The predicted octanol–water partition coefficient (Wildman–Crippen LogP) is 9.90. The van der Waals surface area contributed by atoms with Gasteiger partial charge in [0.15, 0.2) is 11.6 Å². The molecular formula is C32H44O2S2. The molecule has 36 heavy (non-hydrogen) atoms. The van der Waals surface area contributed by atoms with E-state index in [-0.39, 0.29) is 23.7 Å². The minimum atomic E-state index is 0.111. The van der Waals surface area contributed by atoms with E-state index in [2.05, 4.69) is 24.6 Å². The van der Waals surface area contributed by atoms with Gasteiger partial charge in [-0.15, -0.1) is 22.7 Å². The first-order chi connectivity index (χ1) is 17.7. The summed E-state index contributed by atoms with van der Waals surface area (Å²) in [7, 11) is 0. The highest BCUT2D eigenvalue weighted by Crippen LogP contribution is 2.59. The first-order valence-corrected chi connectivity index (χ1v) is 16.7. The Labute approximate surface area is 226 Å². The van der Waals surface area contributed by atoms with E-state index in [4.69, 9.17) is 0 Å². The van der Waals surface area contributed by atoms with Crippen molar-refractivity contribution in [2.75, 3.05) is 0 Å². The molecule has 0 spiro atoms. The van der Waals surface area contributed by atoms with Crippen LogP contribution in [0, 0.1) is 11.8 Å². The summed E-state index contributed by atoms with van der Waals surface area (Å²) < 4.78 is 0. The molecule has 0 radical (unpaired) electrons. The maximum atomic E-state index is 13.6. The zero-order chi connectivity index (χ0) is 25.1. The van der Waals surface area contributed by atoms with Crippen molar-refractivity contribution in [3.8, 4) is 0 Å². The van der Waals surface area contributed by atoms with Crippen molar-refractivity contribution < 1.29 is 9.59 Å². The van der Waals surface area contributed by atoms with Crippen LogP contribution in [0.25, 0.3) is 0 Å². The van der Waals surface area contributed by atoms with Crippen molar-refractivity contribution in [2.45, 2.75) is 128 Å². The van der Waals surface area contributed by atoms with Crippen LogP contribution in [0.4, 0.5) is 0 Å². The molecule has 4 unspecified atom stereocenters. The third kappa shape index (κ3) is 5.06. The van der Waals surface area contributed by atoms with Crippen LogP contribution in [-0.2, 0) is 12.8 Å². The first-order valence-electron chi connectivity index (χ1n) is 14.9. The van der Waals surface area contributed by atoms with Gasteiger partial charge in [0.05, 0.1) is 0 Å². The standard InChI is InChI=1S/C32H44O2S2/c1-3-5-7-9-11-13-15-21-19-35-31-25-18-24-26(17-23(25)29(33)27(21)31)32-28(30(24)34)22(20-36-32)16-14-12-10-8-6-4-2/h19-20,23-26H,3-18H2,1-2H3. The van der Waals surface area contributed by atoms with Gasteiger partial charge < -0.3 is 0 Å². The van der Waals surface area contributed by atoms with Gasteiger partial charge in [0.1, 0.15) is 0 Å². The number of unbranched alkanes of at least 4 members (excludes halogenated alkanes) is 10. The molecule has 0 N–H and O–H groups in total. The predicted molar refractivity (Wildman–Crippen MR) is 153 cm³/mol. The zero-order valence-electron chi connectivity index (χ0n) is 22.4. The third-order valence-corrected chi connectivity index (χ3v) is 11.5. The molecule has 3 aliphatic rings. The van der Waals surface area contributed by atoms with Crippen molar-refractivity contribution in [3.63, 3.8) is 0 Å². The van der Waals surface area contributed by atoms with E-state index in [1.165, 1.54) is 97.9 Å². The number of carbonyl (C=O) groups excluding carboxylic acids is 2. The van der Waals surface area contributed by atoms with Crippen LogP contribution < -0.4 is 0 Å². The van der Waals surface area contributed by atoms with Crippen molar-refractivity contribution in [2.24, 2.45) is 11.8 Å². The highest BCUT2D eigenvalue weighted by molar-refractivity contribution is 7.11. The lowest BCUT2D eigenvalue weighted by Crippen LogP contribution is -2.29. The molecule has 4 heteroatoms. The molecule has 4 atom stereocenters. The lowest BCUT2D eigenvalue weighted by atomic mass is 9.70. The fourth-order valence-electron chi connectivity index (χ4n) is 7.22. The first kappa shape index (κ1) is 26.4. The average Bonchev–Trinajstić information content (AvgIpc) is 3.62. The number of Topliss-reactive ketones (excluding diaryl/α,β-unsaturated/α-hetero) is 2. The molecule has 196 valence electrons. The second kappa shape index (κ2) is 12.1. The summed E-state index contributed by atoms with van der Waals surface area (Å²) in [6, 6.07) is 0. The third-order valence-electron chi connectivity index (χ3n) is 9.22. The van der Waals surface area contributed by atoms with E-state index < -0.39 is 0 Å². The fourth-order valence-corrected chi connectivity index (χ4v) is 9.80. The van der Waals surface area contributed by atoms with Gasteiger partial charge in [0.2, 0.25) is 0 Å². The SMILES string of the molecule is CCCCCCCCc1csc2c1C(=O)C1CC3c4scc(CCCCCCCC)c4C(=O)C3CC21. The van der Waals surface area contributed by atoms with Crippen LogP contribution in [0.15, 0.2) is 10.8 Å². The van der Waals surface area contributed by atoms with E-state index >= 15 is 0 Å². The van der Waals surface area contributed by atoms with Gasteiger partial charge in [-0.3, -0.25) is 9.59 Å². The van der Waals surface area contributed by atoms with Crippen LogP contribution in [-0.4, -0.2) is 11.6 Å². The minimum absolute atomic E-state index is 0.111. The Morgan fingerprint density at radius 1 is 0.583 bits per heavy atom. The molecule has 2 aromatic rings. The van der Waals surface area contributed by atoms with Gasteiger partial charge >= 0.3 is 0 Å². The molecule has 2 aromatic heterocycles. The van der Waals surface area contributed by atoms with Crippen LogP contribution in [0.2, 0.25) is 0 Å².